The number of carbonyl (C=O) groups is 2. The Morgan fingerprint density at radius 3 is 2.07 bits per heavy atom. The van der Waals surface area contributed by atoms with Crippen molar-refractivity contribution in [3.63, 3.8) is 0 Å². The summed E-state index contributed by atoms with van der Waals surface area (Å²) >= 11 is 0. The fourth-order valence-electron chi connectivity index (χ4n) is 2.88. The molecule has 0 unspecified atom stereocenters. The molecule has 0 atom stereocenters. The van der Waals surface area contributed by atoms with Crippen molar-refractivity contribution in [1.82, 2.24) is 4.72 Å². The number of nitrogens with one attached hydrogen (secondary N) is 2. The molecule has 0 aliphatic rings. The van der Waals surface area contributed by atoms with Crippen LogP contribution in [0, 0.1) is 20.8 Å². The standard InChI is InChI=1S/C19H22N2O5S/c1-12-10-13(2)18(14(3)11-12)27(25,26)20-9-8-17(22)21-16-6-4-15(5-7-16)19(23)24/h4-7,10-11,20H,8-9H2,1-3H3,(H,21,22)(H,23,24). The second kappa shape index (κ2) is 8.32. The second-order valence-electron chi connectivity index (χ2n) is 6.31. The molecule has 0 fully saturated rings. The normalized spacial score (nSPS) is 11.2. The Morgan fingerprint density at radius 1 is 1.00 bits per heavy atom. The summed E-state index contributed by atoms with van der Waals surface area (Å²) in [4.78, 5) is 23.0. The molecule has 2 aromatic carbocycles. The summed E-state index contributed by atoms with van der Waals surface area (Å²) in [6, 6.07) is 9.31. The van der Waals surface area contributed by atoms with E-state index in [4.69, 9.17) is 5.11 Å². The van der Waals surface area contributed by atoms with Crippen molar-refractivity contribution in [2.75, 3.05) is 11.9 Å². The van der Waals surface area contributed by atoms with Crippen LogP contribution in [0.5, 0.6) is 0 Å². The largest absolute Gasteiger partial charge is 0.478 e. The molecule has 0 aliphatic heterocycles. The number of anilines is 1. The van der Waals surface area contributed by atoms with Gasteiger partial charge >= 0.3 is 5.97 Å². The summed E-state index contributed by atoms with van der Waals surface area (Å²) in [6.07, 6.45) is -0.0517. The topological polar surface area (TPSA) is 113 Å². The van der Waals surface area contributed by atoms with Crippen LogP contribution in [-0.4, -0.2) is 31.9 Å². The van der Waals surface area contributed by atoms with E-state index >= 15 is 0 Å². The molecule has 1 amide bonds. The van der Waals surface area contributed by atoms with Gasteiger partial charge in [-0.3, -0.25) is 4.79 Å². The molecule has 2 rings (SSSR count). The van der Waals surface area contributed by atoms with Crippen LogP contribution in [0.4, 0.5) is 5.69 Å². The lowest BCUT2D eigenvalue weighted by molar-refractivity contribution is -0.116. The number of aryl methyl sites for hydroxylation is 3. The van der Waals surface area contributed by atoms with Gasteiger partial charge in [0.25, 0.3) is 0 Å². The lowest BCUT2D eigenvalue weighted by atomic mass is 10.1. The molecule has 144 valence electrons. The zero-order chi connectivity index (χ0) is 20.2. The van der Waals surface area contributed by atoms with Gasteiger partial charge in [0.1, 0.15) is 0 Å². The van der Waals surface area contributed by atoms with E-state index in [1.165, 1.54) is 24.3 Å². The van der Waals surface area contributed by atoms with Gasteiger partial charge in [-0.05, 0) is 56.2 Å². The van der Waals surface area contributed by atoms with Crippen molar-refractivity contribution in [3.8, 4) is 0 Å². The van der Waals surface area contributed by atoms with E-state index in [0.717, 1.165) is 5.56 Å². The Bertz CT molecular complexity index is 943. The number of hydrogen-bond donors (Lipinski definition) is 3. The molecule has 0 saturated heterocycles. The van der Waals surface area contributed by atoms with Gasteiger partial charge in [-0.15, -0.1) is 0 Å². The number of benzene rings is 2. The van der Waals surface area contributed by atoms with Crippen LogP contribution in [-0.2, 0) is 14.8 Å². The number of rotatable bonds is 7. The van der Waals surface area contributed by atoms with E-state index in [2.05, 4.69) is 10.0 Å². The van der Waals surface area contributed by atoms with Crippen molar-refractivity contribution in [2.24, 2.45) is 0 Å². The van der Waals surface area contributed by atoms with Crippen LogP contribution in [0.25, 0.3) is 0 Å². The van der Waals surface area contributed by atoms with Gasteiger partial charge in [0.15, 0.2) is 0 Å². The minimum absolute atomic E-state index is 0.0475. The molecule has 3 N–H and O–H groups in total. The monoisotopic (exact) mass is 390 g/mol. The lowest BCUT2D eigenvalue weighted by Crippen LogP contribution is -2.29. The Labute approximate surface area is 158 Å². The summed E-state index contributed by atoms with van der Waals surface area (Å²) in [5.41, 5.74) is 2.85. The number of carboxylic acid groups (broad SMARTS) is 1. The molecule has 7 nitrogen and oxygen atoms in total. The number of carbonyl (C=O) groups excluding carboxylic acids is 1. The third-order valence-corrected chi connectivity index (χ3v) is 5.70. The van der Waals surface area contributed by atoms with Gasteiger partial charge in [-0.25, -0.2) is 17.9 Å². The average molecular weight is 390 g/mol. The number of aromatic carboxylic acids is 1. The predicted octanol–water partition coefficient (Wildman–Crippen LogP) is 2.62. The van der Waals surface area contributed by atoms with Crippen LogP contribution in [0.1, 0.15) is 33.5 Å². The highest BCUT2D eigenvalue weighted by molar-refractivity contribution is 7.89. The van der Waals surface area contributed by atoms with E-state index in [0.29, 0.717) is 16.8 Å². The van der Waals surface area contributed by atoms with Crippen molar-refractivity contribution in [2.45, 2.75) is 32.1 Å². The summed E-state index contributed by atoms with van der Waals surface area (Å²) in [7, 11) is -3.72. The number of amides is 1. The zero-order valence-electron chi connectivity index (χ0n) is 15.4. The molecule has 8 heteroatoms. The average Bonchev–Trinajstić information content (AvgIpc) is 2.53. The summed E-state index contributed by atoms with van der Waals surface area (Å²) in [5.74, 6) is -1.43. The minimum Gasteiger partial charge on any atom is -0.478 e. The number of carboxylic acids is 1. The van der Waals surface area contributed by atoms with E-state index < -0.39 is 16.0 Å². The SMILES string of the molecule is Cc1cc(C)c(S(=O)(=O)NCCC(=O)Nc2ccc(C(=O)O)cc2)c(C)c1. The Balaban J connectivity index is 1.95. The van der Waals surface area contributed by atoms with Gasteiger partial charge in [0.2, 0.25) is 15.9 Å². The first-order valence-electron chi connectivity index (χ1n) is 8.31. The highest BCUT2D eigenvalue weighted by Gasteiger charge is 2.19. The van der Waals surface area contributed by atoms with E-state index in [1.807, 2.05) is 6.92 Å². The third kappa shape index (κ3) is 5.38. The number of sulfonamides is 1. The van der Waals surface area contributed by atoms with Crippen LogP contribution in [0.15, 0.2) is 41.3 Å². The second-order valence-corrected chi connectivity index (χ2v) is 8.01. The van der Waals surface area contributed by atoms with Crippen molar-refractivity contribution in [3.05, 3.63) is 58.7 Å². The van der Waals surface area contributed by atoms with E-state index in [1.54, 1.807) is 26.0 Å². The molecule has 2 aromatic rings. The van der Waals surface area contributed by atoms with Crippen molar-refractivity contribution >= 4 is 27.6 Å². The summed E-state index contributed by atoms with van der Waals surface area (Å²) in [5, 5.41) is 11.4. The summed E-state index contributed by atoms with van der Waals surface area (Å²) in [6.45, 7) is 5.33. The lowest BCUT2D eigenvalue weighted by Gasteiger charge is -2.13. The highest BCUT2D eigenvalue weighted by atomic mass is 32.2. The molecule has 0 aliphatic carbocycles. The molecule has 0 bridgehead atoms. The molecule has 0 radical (unpaired) electrons. The first kappa shape index (κ1) is 20.6. The first-order valence-corrected chi connectivity index (χ1v) is 9.79. The molecule has 0 saturated carbocycles. The smallest absolute Gasteiger partial charge is 0.335 e. The van der Waals surface area contributed by atoms with Crippen LogP contribution in [0.3, 0.4) is 0 Å². The number of hydrogen-bond acceptors (Lipinski definition) is 4. The van der Waals surface area contributed by atoms with Gasteiger partial charge in [-0.2, -0.15) is 0 Å². The molecule has 27 heavy (non-hydrogen) atoms. The first-order chi connectivity index (χ1) is 12.6. The van der Waals surface area contributed by atoms with Gasteiger partial charge in [-0.1, -0.05) is 17.7 Å². The molecular formula is C19H22N2O5S. The maximum Gasteiger partial charge on any atom is 0.335 e. The van der Waals surface area contributed by atoms with E-state index in [-0.39, 0.29) is 29.3 Å². The van der Waals surface area contributed by atoms with Crippen LogP contribution < -0.4 is 10.0 Å². The highest BCUT2D eigenvalue weighted by Crippen LogP contribution is 2.21. The summed E-state index contributed by atoms with van der Waals surface area (Å²) < 4.78 is 27.5. The fourth-order valence-corrected chi connectivity index (χ4v) is 4.36. The Morgan fingerprint density at radius 2 is 1.56 bits per heavy atom. The molecule has 0 heterocycles. The van der Waals surface area contributed by atoms with Gasteiger partial charge in [0.05, 0.1) is 10.5 Å². The minimum atomic E-state index is -3.72. The Hall–Kier alpha value is -2.71. The van der Waals surface area contributed by atoms with Crippen LogP contribution in [0.2, 0.25) is 0 Å². The van der Waals surface area contributed by atoms with E-state index in [9.17, 15) is 18.0 Å². The zero-order valence-corrected chi connectivity index (χ0v) is 16.2. The van der Waals surface area contributed by atoms with Gasteiger partial charge in [0, 0.05) is 18.7 Å². The molecular weight excluding hydrogens is 368 g/mol. The maximum absolute atomic E-state index is 12.5. The van der Waals surface area contributed by atoms with Crippen molar-refractivity contribution < 1.29 is 23.1 Å². The maximum atomic E-state index is 12.5. The Kier molecular flexibility index (Phi) is 6.35. The quantitative estimate of drug-likeness (QED) is 0.673. The van der Waals surface area contributed by atoms with Crippen molar-refractivity contribution in [1.29, 1.82) is 0 Å². The molecule has 0 aromatic heterocycles. The van der Waals surface area contributed by atoms with Crippen LogP contribution >= 0.6 is 0 Å². The fraction of sp³-hybridized carbons (Fsp3) is 0.263. The molecule has 0 spiro atoms. The third-order valence-electron chi connectivity index (χ3n) is 3.93. The predicted molar refractivity (Wildman–Crippen MR) is 102 cm³/mol. The van der Waals surface area contributed by atoms with Gasteiger partial charge < -0.3 is 10.4 Å².